The van der Waals surface area contributed by atoms with Gasteiger partial charge in [0.15, 0.2) is 0 Å². The van der Waals surface area contributed by atoms with Gasteiger partial charge in [-0.1, -0.05) is 0 Å². The maximum absolute atomic E-state index is 12.8. The zero-order valence-corrected chi connectivity index (χ0v) is 12.1. The van der Waals surface area contributed by atoms with E-state index in [4.69, 9.17) is 0 Å². The molecular formula is C15H20ClFN2O. The molecule has 5 heteroatoms. The van der Waals surface area contributed by atoms with Gasteiger partial charge in [-0.15, -0.1) is 12.4 Å². The second-order valence-corrected chi connectivity index (χ2v) is 5.73. The molecule has 2 fully saturated rings. The van der Waals surface area contributed by atoms with Crippen LogP contribution >= 0.6 is 12.4 Å². The highest BCUT2D eigenvalue weighted by atomic mass is 35.5. The number of hydrogen-bond donors (Lipinski definition) is 2. The van der Waals surface area contributed by atoms with Crippen LogP contribution in [0.15, 0.2) is 24.3 Å². The molecule has 3 rings (SSSR count). The van der Waals surface area contributed by atoms with Crippen LogP contribution in [0.3, 0.4) is 0 Å². The molecule has 0 radical (unpaired) electrons. The fraction of sp³-hybridized carbons (Fsp3) is 0.533. The van der Waals surface area contributed by atoms with E-state index >= 15 is 0 Å². The molecule has 2 aliphatic rings. The maximum Gasteiger partial charge on any atom is 0.224 e. The Labute approximate surface area is 124 Å². The highest BCUT2D eigenvalue weighted by Gasteiger charge is 2.34. The van der Waals surface area contributed by atoms with Gasteiger partial charge in [0.1, 0.15) is 5.82 Å². The molecule has 3 nitrogen and oxygen atoms in total. The third-order valence-corrected chi connectivity index (χ3v) is 4.17. The third kappa shape index (κ3) is 3.70. The summed E-state index contributed by atoms with van der Waals surface area (Å²) in [5.74, 6) is 0.241. The standard InChI is InChI=1S/C15H19FN2O.ClH/c16-11-1-3-12(4-2-11)18-15(19)9-10-7-13-5-6-14(8-10)17-13;/h1-4,10,13-14,17H,5-9H2,(H,18,19);1H. The van der Waals surface area contributed by atoms with Gasteiger partial charge >= 0.3 is 0 Å². The number of nitrogens with one attached hydrogen (secondary N) is 2. The zero-order valence-electron chi connectivity index (χ0n) is 11.3. The van der Waals surface area contributed by atoms with Crippen LogP contribution in [-0.2, 0) is 4.79 Å². The number of rotatable bonds is 3. The Bertz CT molecular complexity index is 453. The van der Waals surface area contributed by atoms with Gasteiger partial charge in [0.25, 0.3) is 0 Å². The second kappa shape index (κ2) is 6.55. The van der Waals surface area contributed by atoms with Crippen LogP contribution in [-0.4, -0.2) is 18.0 Å². The Balaban J connectivity index is 0.00000147. The summed E-state index contributed by atoms with van der Waals surface area (Å²) >= 11 is 0. The average molecular weight is 299 g/mol. The first kappa shape index (κ1) is 15.3. The fourth-order valence-corrected chi connectivity index (χ4v) is 3.35. The van der Waals surface area contributed by atoms with E-state index in [9.17, 15) is 9.18 Å². The molecule has 2 unspecified atom stereocenters. The van der Waals surface area contributed by atoms with E-state index in [0.717, 1.165) is 12.8 Å². The number of carbonyl (C=O) groups is 1. The minimum atomic E-state index is -0.284. The summed E-state index contributed by atoms with van der Waals surface area (Å²) < 4.78 is 12.8. The van der Waals surface area contributed by atoms with Crippen LogP contribution in [0, 0.1) is 11.7 Å². The summed E-state index contributed by atoms with van der Waals surface area (Å²) in [6.45, 7) is 0. The van der Waals surface area contributed by atoms with E-state index in [1.54, 1.807) is 12.1 Å². The van der Waals surface area contributed by atoms with E-state index in [2.05, 4.69) is 10.6 Å². The number of piperidine rings is 1. The number of fused-ring (bicyclic) bond motifs is 2. The number of hydrogen-bond acceptors (Lipinski definition) is 2. The summed E-state index contributed by atoms with van der Waals surface area (Å²) in [4.78, 5) is 12.0. The largest absolute Gasteiger partial charge is 0.326 e. The van der Waals surface area contributed by atoms with E-state index < -0.39 is 0 Å². The van der Waals surface area contributed by atoms with Gasteiger partial charge in [0.05, 0.1) is 0 Å². The topological polar surface area (TPSA) is 41.1 Å². The number of carbonyl (C=O) groups excluding carboxylic acids is 1. The Kier molecular flexibility index (Phi) is 5.00. The van der Waals surface area contributed by atoms with Crippen molar-refractivity contribution in [2.45, 2.75) is 44.2 Å². The smallest absolute Gasteiger partial charge is 0.224 e. The van der Waals surface area contributed by atoms with Gasteiger partial charge in [-0.3, -0.25) is 4.79 Å². The summed E-state index contributed by atoms with van der Waals surface area (Å²) in [5, 5.41) is 6.42. The van der Waals surface area contributed by atoms with Crippen LogP contribution in [0.4, 0.5) is 10.1 Å². The van der Waals surface area contributed by atoms with Crippen LogP contribution in [0.1, 0.15) is 32.1 Å². The number of halogens is 2. The molecule has 0 spiro atoms. The first-order chi connectivity index (χ1) is 9.19. The molecule has 20 heavy (non-hydrogen) atoms. The Morgan fingerprint density at radius 2 is 1.80 bits per heavy atom. The van der Waals surface area contributed by atoms with Gasteiger partial charge in [-0.05, 0) is 55.9 Å². The molecule has 1 amide bonds. The summed E-state index contributed by atoms with van der Waals surface area (Å²) in [6.07, 6.45) is 5.29. The van der Waals surface area contributed by atoms with Crippen molar-refractivity contribution >= 4 is 24.0 Å². The Morgan fingerprint density at radius 3 is 2.40 bits per heavy atom. The second-order valence-electron chi connectivity index (χ2n) is 5.73. The molecular weight excluding hydrogens is 279 g/mol. The monoisotopic (exact) mass is 298 g/mol. The summed E-state index contributed by atoms with van der Waals surface area (Å²) in [6, 6.07) is 7.14. The van der Waals surface area contributed by atoms with Crippen molar-refractivity contribution in [3.63, 3.8) is 0 Å². The highest BCUT2D eigenvalue weighted by molar-refractivity contribution is 5.90. The maximum atomic E-state index is 12.8. The van der Waals surface area contributed by atoms with E-state index in [1.165, 1.54) is 25.0 Å². The van der Waals surface area contributed by atoms with Crippen LogP contribution in [0.2, 0.25) is 0 Å². The third-order valence-electron chi connectivity index (χ3n) is 4.17. The van der Waals surface area contributed by atoms with Crippen molar-refractivity contribution in [2.75, 3.05) is 5.32 Å². The van der Waals surface area contributed by atoms with Gasteiger partial charge in [-0.2, -0.15) is 0 Å². The molecule has 2 atom stereocenters. The van der Waals surface area contributed by atoms with Gasteiger partial charge in [0, 0.05) is 24.2 Å². The molecule has 0 aliphatic carbocycles. The molecule has 2 N–H and O–H groups in total. The van der Waals surface area contributed by atoms with E-state index in [0.29, 0.717) is 30.1 Å². The lowest BCUT2D eigenvalue weighted by molar-refractivity contribution is -0.117. The lowest BCUT2D eigenvalue weighted by atomic mass is 9.89. The predicted molar refractivity (Wildman–Crippen MR) is 79.6 cm³/mol. The number of benzene rings is 1. The van der Waals surface area contributed by atoms with Gasteiger partial charge in [-0.25, -0.2) is 4.39 Å². The van der Waals surface area contributed by atoms with Gasteiger partial charge in [0.2, 0.25) is 5.91 Å². The zero-order chi connectivity index (χ0) is 13.2. The normalized spacial score (nSPS) is 27.8. The highest BCUT2D eigenvalue weighted by Crippen LogP contribution is 2.32. The molecule has 1 aromatic rings. The van der Waals surface area contributed by atoms with E-state index in [-0.39, 0.29) is 24.1 Å². The Morgan fingerprint density at radius 1 is 1.20 bits per heavy atom. The number of anilines is 1. The minimum absolute atomic E-state index is 0. The van der Waals surface area contributed by atoms with Crippen molar-refractivity contribution in [2.24, 2.45) is 5.92 Å². The van der Waals surface area contributed by atoms with Crippen molar-refractivity contribution in [1.29, 1.82) is 0 Å². The molecule has 2 aliphatic heterocycles. The average Bonchev–Trinajstić information content (AvgIpc) is 2.72. The molecule has 0 saturated carbocycles. The molecule has 2 heterocycles. The van der Waals surface area contributed by atoms with Crippen molar-refractivity contribution < 1.29 is 9.18 Å². The SMILES string of the molecule is Cl.O=C(CC1CC2CCC(C1)N2)Nc1ccc(F)cc1. The molecule has 0 aromatic heterocycles. The minimum Gasteiger partial charge on any atom is -0.326 e. The first-order valence-electron chi connectivity index (χ1n) is 7.00. The van der Waals surface area contributed by atoms with E-state index in [1.807, 2.05) is 0 Å². The number of amides is 1. The molecule has 2 bridgehead atoms. The predicted octanol–water partition coefficient (Wildman–Crippen LogP) is 3.11. The van der Waals surface area contributed by atoms with Crippen molar-refractivity contribution in [1.82, 2.24) is 5.32 Å². The lowest BCUT2D eigenvalue weighted by Crippen LogP contribution is -2.39. The van der Waals surface area contributed by atoms with Crippen LogP contribution in [0.25, 0.3) is 0 Å². The fourth-order valence-electron chi connectivity index (χ4n) is 3.35. The summed E-state index contributed by atoms with van der Waals surface area (Å²) in [5.41, 5.74) is 0.670. The lowest BCUT2D eigenvalue weighted by Gasteiger charge is -2.28. The van der Waals surface area contributed by atoms with Crippen LogP contribution < -0.4 is 10.6 Å². The van der Waals surface area contributed by atoms with Gasteiger partial charge < -0.3 is 10.6 Å². The van der Waals surface area contributed by atoms with Crippen molar-refractivity contribution in [3.05, 3.63) is 30.1 Å². The molecule has 2 saturated heterocycles. The molecule has 110 valence electrons. The summed E-state index contributed by atoms with van der Waals surface area (Å²) in [7, 11) is 0. The van der Waals surface area contributed by atoms with Crippen molar-refractivity contribution in [3.8, 4) is 0 Å². The van der Waals surface area contributed by atoms with Crippen LogP contribution in [0.5, 0.6) is 0 Å². The Hall–Kier alpha value is -1.13. The quantitative estimate of drug-likeness (QED) is 0.900. The molecule has 1 aromatic carbocycles. The first-order valence-corrected chi connectivity index (χ1v) is 7.00.